The van der Waals surface area contributed by atoms with Crippen LogP contribution >= 0.6 is 0 Å². The molecule has 0 aromatic rings. The molecule has 1 fully saturated rings. The lowest BCUT2D eigenvalue weighted by Crippen LogP contribution is -2.48. The lowest BCUT2D eigenvalue weighted by atomic mass is 9.99. The number of hydrogen-bond donors (Lipinski definition) is 0. The number of likely N-dealkylation sites (tertiary alicyclic amines) is 1. The van der Waals surface area contributed by atoms with Crippen LogP contribution in [0.4, 0.5) is 0 Å². The van der Waals surface area contributed by atoms with Crippen molar-refractivity contribution in [1.82, 2.24) is 9.21 Å². The average Bonchev–Trinajstić information content (AvgIpc) is 2.32. The Hall–Kier alpha value is -0.130. The van der Waals surface area contributed by atoms with Crippen LogP contribution in [0.15, 0.2) is 0 Å². The molecule has 1 rings (SSSR count). The first-order valence-corrected chi connectivity index (χ1v) is 8.65. The quantitative estimate of drug-likeness (QED) is 0.696. The van der Waals surface area contributed by atoms with Crippen LogP contribution in [0.25, 0.3) is 0 Å². The van der Waals surface area contributed by atoms with Crippen LogP contribution in [0.3, 0.4) is 0 Å². The molecule has 0 aromatic heterocycles. The van der Waals surface area contributed by atoms with E-state index in [0.29, 0.717) is 11.8 Å². The molecule has 5 heteroatoms. The highest BCUT2D eigenvalue weighted by atomic mass is 32.2. The van der Waals surface area contributed by atoms with Gasteiger partial charge in [0.2, 0.25) is 10.0 Å². The Bertz CT molecular complexity index is 343. The molecule has 0 saturated carbocycles. The fourth-order valence-electron chi connectivity index (χ4n) is 2.50. The second-order valence-corrected chi connectivity index (χ2v) is 7.70. The SMILES string of the molecule is CCCCCS(=O)(=O)N(C)[C@H]1CCN(C)[C@H](C)C1. The highest BCUT2D eigenvalue weighted by molar-refractivity contribution is 7.89. The summed E-state index contributed by atoms with van der Waals surface area (Å²) in [5.41, 5.74) is 0. The summed E-state index contributed by atoms with van der Waals surface area (Å²) in [4.78, 5) is 2.30. The number of hydrogen-bond acceptors (Lipinski definition) is 3. The Kier molecular flexibility index (Phi) is 6.08. The van der Waals surface area contributed by atoms with Gasteiger partial charge in [0.1, 0.15) is 0 Å². The summed E-state index contributed by atoms with van der Waals surface area (Å²) in [7, 11) is 0.803. The highest BCUT2D eigenvalue weighted by Gasteiger charge is 2.31. The third-order valence-corrected chi connectivity index (χ3v) is 6.12. The standard InChI is InChI=1S/C13H28N2O2S/c1-5-6-7-10-18(16,17)15(4)13-8-9-14(3)12(2)11-13/h12-13H,5-11H2,1-4H3/t12-,13+/m1/s1. The fraction of sp³-hybridized carbons (Fsp3) is 1.00. The van der Waals surface area contributed by atoms with Crippen LogP contribution in [0.2, 0.25) is 0 Å². The van der Waals surface area contributed by atoms with Crippen molar-refractivity contribution >= 4 is 10.0 Å². The first-order chi connectivity index (χ1) is 8.38. The summed E-state index contributed by atoms with van der Waals surface area (Å²) >= 11 is 0. The van der Waals surface area contributed by atoms with E-state index in [9.17, 15) is 8.42 Å². The van der Waals surface area contributed by atoms with Crippen LogP contribution in [-0.2, 0) is 10.0 Å². The van der Waals surface area contributed by atoms with Gasteiger partial charge in [-0.25, -0.2) is 12.7 Å². The second kappa shape index (κ2) is 6.87. The number of nitrogens with zero attached hydrogens (tertiary/aromatic N) is 2. The van der Waals surface area contributed by atoms with E-state index in [1.54, 1.807) is 11.4 Å². The summed E-state index contributed by atoms with van der Waals surface area (Å²) in [6.07, 6.45) is 4.73. The van der Waals surface area contributed by atoms with E-state index in [2.05, 4.69) is 25.8 Å². The van der Waals surface area contributed by atoms with Gasteiger partial charge in [-0.2, -0.15) is 0 Å². The lowest BCUT2D eigenvalue weighted by molar-refractivity contribution is 0.142. The minimum Gasteiger partial charge on any atom is -0.304 e. The summed E-state index contributed by atoms with van der Waals surface area (Å²) in [6, 6.07) is 0.653. The van der Waals surface area contributed by atoms with Crippen molar-refractivity contribution < 1.29 is 8.42 Å². The first-order valence-electron chi connectivity index (χ1n) is 7.04. The molecular formula is C13H28N2O2S. The topological polar surface area (TPSA) is 40.6 Å². The van der Waals surface area contributed by atoms with Gasteiger partial charge in [-0.3, -0.25) is 0 Å². The van der Waals surface area contributed by atoms with E-state index in [-0.39, 0.29) is 6.04 Å². The molecular weight excluding hydrogens is 248 g/mol. The van der Waals surface area contributed by atoms with Gasteiger partial charge in [0.25, 0.3) is 0 Å². The van der Waals surface area contributed by atoms with Crippen molar-refractivity contribution in [2.45, 2.75) is 58.0 Å². The molecule has 0 N–H and O–H groups in total. The lowest BCUT2D eigenvalue weighted by Gasteiger charge is -2.38. The summed E-state index contributed by atoms with van der Waals surface area (Å²) in [6.45, 7) is 5.25. The zero-order valence-electron chi connectivity index (χ0n) is 12.2. The molecule has 0 unspecified atom stereocenters. The minimum absolute atomic E-state index is 0.183. The van der Waals surface area contributed by atoms with E-state index < -0.39 is 10.0 Å². The fourth-order valence-corrected chi connectivity index (χ4v) is 4.00. The maximum absolute atomic E-state index is 12.2. The molecule has 1 heterocycles. The molecule has 18 heavy (non-hydrogen) atoms. The van der Waals surface area contributed by atoms with Crippen LogP contribution in [0.1, 0.15) is 46.0 Å². The van der Waals surface area contributed by atoms with E-state index >= 15 is 0 Å². The number of unbranched alkanes of at least 4 members (excludes halogenated alkanes) is 2. The predicted octanol–water partition coefficient (Wildman–Crippen LogP) is 1.92. The van der Waals surface area contributed by atoms with Crippen LogP contribution in [-0.4, -0.2) is 56.1 Å². The Morgan fingerprint density at radius 1 is 1.33 bits per heavy atom. The zero-order valence-corrected chi connectivity index (χ0v) is 13.0. The normalized spacial score (nSPS) is 26.7. The predicted molar refractivity (Wildman–Crippen MR) is 76.2 cm³/mol. The summed E-state index contributed by atoms with van der Waals surface area (Å²) in [5.74, 6) is 0.304. The number of rotatable bonds is 6. The molecule has 0 spiro atoms. The number of piperidine rings is 1. The van der Waals surface area contributed by atoms with Crippen molar-refractivity contribution in [1.29, 1.82) is 0 Å². The molecule has 0 amide bonds. The second-order valence-electron chi connectivity index (χ2n) is 5.55. The van der Waals surface area contributed by atoms with E-state index in [4.69, 9.17) is 0 Å². The van der Waals surface area contributed by atoms with Crippen LogP contribution in [0.5, 0.6) is 0 Å². The largest absolute Gasteiger partial charge is 0.304 e. The van der Waals surface area contributed by atoms with Crippen molar-refractivity contribution in [2.24, 2.45) is 0 Å². The van der Waals surface area contributed by atoms with Crippen LogP contribution < -0.4 is 0 Å². The Labute approximate surface area is 112 Å². The van der Waals surface area contributed by atoms with Crippen molar-refractivity contribution in [3.63, 3.8) is 0 Å². The summed E-state index contributed by atoms with van der Waals surface area (Å²) in [5, 5.41) is 0. The monoisotopic (exact) mass is 276 g/mol. The Balaban J connectivity index is 2.55. The Morgan fingerprint density at radius 2 is 2.00 bits per heavy atom. The van der Waals surface area contributed by atoms with Crippen LogP contribution in [0, 0.1) is 0 Å². The molecule has 0 bridgehead atoms. The maximum Gasteiger partial charge on any atom is 0.214 e. The molecule has 0 radical (unpaired) electrons. The highest BCUT2D eigenvalue weighted by Crippen LogP contribution is 2.22. The summed E-state index contributed by atoms with van der Waals surface area (Å²) < 4.78 is 26.0. The minimum atomic E-state index is -3.06. The smallest absolute Gasteiger partial charge is 0.214 e. The third kappa shape index (κ3) is 4.21. The molecule has 0 aromatic carbocycles. The van der Waals surface area contributed by atoms with Gasteiger partial charge in [0.15, 0.2) is 0 Å². The van der Waals surface area contributed by atoms with E-state index in [1.165, 1.54) is 0 Å². The number of sulfonamides is 1. The zero-order chi connectivity index (χ0) is 13.8. The molecule has 1 aliphatic rings. The maximum atomic E-state index is 12.2. The van der Waals surface area contributed by atoms with Crippen molar-refractivity contribution in [2.75, 3.05) is 26.4 Å². The van der Waals surface area contributed by atoms with Gasteiger partial charge in [-0.15, -0.1) is 0 Å². The molecule has 4 nitrogen and oxygen atoms in total. The Morgan fingerprint density at radius 3 is 2.56 bits per heavy atom. The van der Waals surface area contributed by atoms with Gasteiger partial charge in [0.05, 0.1) is 5.75 Å². The van der Waals surface area contributed by atoms with Gasteiger partial charge >= 0.3 is 0 Å². The molecule has 108 valence electrons. The first kappa shape index (κ1) is 15.9. The van der Waals surface area contributed by atoms with Gasteiger partial charge < -0.3 is 4.90 Å². The van der Waals surface area contributed by atoms with Crippen molar-refractivity contribution in [3.8, 4) is 0 Å². The van der Waals surface area contributed by atoms with E-state index in [1.807, 2.05) is 0 Å². The molecule has 1 aliphatic heterocycles. The van der Waals surface area contributed by atoms with Gasteiger partial charge in [0, 0.05) is 19.1 Å². The van der Waals surface area contributed by atoms with E-state index in [0.717, 1.165) is 38.6 Å². The molecule has 1 saturated heterocycles. The van der Waals surface area contributed by atoms with Gasteiger partial charge in [-0.1, -0.05) is 19.8 Å². The molecule has 2 atom stereocenters. The van der Waals surface area contributed by atoms with Crippen molar-refractivity contribution in [3.05, 3.63) is 0 Å². The molecule has 0 aliphatic carbocycles. The average molecular weight is 276 g/mol. The third-order valence-electron chi connectivity index (χ3n) is 4.14. The van der Waals surface area contributed by atoms with Gasteiger partial charge in [-0.05, 0) is 39.8 Å².